The second kappa shape index (κ2) is 8.31. The molecule has 1 aliphatic rings. The van der Waals surface area contributed by atoms with E-state index in [1.54, 1.807) is 4.90 Å². The molecule has 3 aromatic rings. The number of rotatable bonds is 7. The van der Waals surface area contributed by atoms with Crippen LogP contribution in [-0.2, 0) is 9.53 Å². The predicted octanol–water partition coefficient (Wildman–Crippen LogP) is 0.483. The molecule has 4 rings (SSSR count). The summed E-state index contributed by atoms with van der Waals surface area (Å²) in [5.74, 6) is -1.76. The molecule has 0 bridgehead atoms. The number of likely N-dealkylation sites (tertiary alicyclic amines) is 1. The molecule has 1 saturated heterocycles. The number of aromatic amines is 1. The highest BCUT2D eigenvalue weighted by Gasteiger charge is 2.45. The van der Waals surface area contributed by atoms with Gasteiger partial charge in [0.1, 0.15) is 18.0 Å². The summed E-state index contributed by atoms with van der Waals surface area (Å²) in [5.41, 5.74) is -1.48. The molecule has 12 nitrogen and oxygen atoms in total. The van der Waals surface area contributed by atoms with Gasteiger partial charge in [0.15, 0.2) is 11.5 Å². The van der Waals surface area contributed by atoms with E-state index >= 15 is 0 Å². The third-order valence-electron chi connectivity index (χ3n) is 4.69. The Hall–Kier alpha value is -3.75. The molecule has 0 radical (unpaired) electrons. The van der Waals surface area contributed by atoms with Gasteiger partial charge >= 0.3 is 12.1 Å². The van der Waals surface area contributed by atoms with Crippen LogP contribution in [0.2, 0.25) is 0 Å². The molecule has 33 heavy (non-hydrogen) atoms. The molecule has 0 atom stereocenters. The van der Waals surface area contributed by atoms with Crippen molar-refractivity contribution < 1.29 is 27.4 Å². The third-order valence-corrected chi connectivity index (χ3v) is 4.69. The summed E-state index contributed by atoms with van der Waals surface area (Å²) in [7, 11) is 0. The van der Waals surface area contributed by atoms with Crippen LogP contribution in [0.5, 0.6) is 5.88 Å². The van der Waals surface area contributed by atoms with Crippen LogP contribution < -0.4 is 10.3 Å². The Kier molecular flexibility index (Phi) is 5.65. The van der Waals surface area contributed by atoms with Crippen LogP contribution >= 0.6 is 0 Å². The minimum atomic E-state index is -5.04. The van der Waals surface area contributed by atoms with E-state index in [4.69, 9.17) is 4.74 Å². The fraction of sp³-hybridized carbons (Fsp3) is 0.444. The van der Waals surface area contributed by atoms with E-state index in [0.717, 1.165) is 0 Å². The number of alkyl halides is 3. The lowest BCUT2D eigenvalue weighted by Crippen LogP contribution is -2.58. The van der Waals surface area contributed by atoms with Crippen LogP contribution in [0, 0.1) is 0 Å². The van der Waals surface area contributed by atoms with Crippen molar-refractivity contribution in [2.45, 2.75) is 31.7 Å². The van der Waals surface area contributed by atoms with Crippen molar-refractivity contribution in [3.05, 3.63) is 41.3 Å². The van der Waals surface area contributed by atoms with Crippen LogP contribution in [0.3, 0.4) is 0 Å². The molecule has 0 amide bonds. The van der Waals surface area contributed by atoms with Gasteiger partial charge in [-0.25, -0.2) is 19.4 Å². The van der Waals surface area contributed by atoms with E-state index < -0.39 is 23.3 Å². The molecule has 1 fully saturated rings. The Morgan fingerprint density at radius 1 is 1.27 bits per heavy atom. The number of nitrogens with one attached hydrogen (secondary N) is 1. The normalized spacial score (nSPS) is 15.3. The number of ether oxygens (including phenoxy) is 2. The van der Waals surface area contributed by atoms with Crippen molar-refractivity contribution in [3.63, 3.8) is 0 Å². The van der Waals surface area contributed by atoms with Gasteiger partial charge in [-0.3, -0.25) is 14.8 Å². The summed E-state index contributed by atoms with van der Waals surface area (Å²) >= 11 is 0. The molecular formula is C18H19F3N8O4. The van der Waals surface area contributed by atoms with Crippen LogP contribution in [0.4, 0.5) is 13.2 Å². The monoisotopic (exact) mass is 468 g/mol. The van der Waals surface area contributed by atoms with Crippen molar-refractivity contribution in [3.8, 4) is 17.4 Å². The van der Waals surface area contributed by atoms with Gasteiger partial charge in [0, 0.05) is 25.7 Å². The quantitative estimate of drug-likeness (QED) is 0.492. The number of carbonyl (C=O) groups is 1. The van der Waals surface area contributed by atoms with Crippen LogP contribution in [-0.4, -0.2) is 83.1 Å². The second-order valence-corrected chi connectivity index (χ2v) is 7.94. The molecule has 1 aliphatic heterocycles. The topological polar surface area (TPSA) is 133 Å². The first kappa shape index (κ1) is 22.4. The Balaban J connectivity index is 1.35. The zero-order valence-electron chi connectivity index (χ0n) is 17.5. The molecule has 0 spiro atoms. The number of aromatic nitrogens is 7. The summed E-state index contributed by atoms with van der Waals surface area (Å²) in [6.45, 7) is 3.70. The van der Waals surface area contributed by atoms with Crippen molar-refractivity contribution in [2.75, 3.05) is 19.6 Å². The summed E-state index contributed by atoms with van der Waals surface area (Å²) in [6.07, 6.45) is 0.334. The summed E-state index contributed by atoms with van der Waals surface area (Å²) < 4.78 is 50.1. The number of hydrogen-bond acceptors (Lipinski definition) is 9. The highest BCUT2D eigenvalue weighted by atomic mass is 19.4. The molecule has 0 saturated carbocycles. The molecule has 1 N–H and O–H groups in total. The fourth-order valence-electron chi connectivity index (χ4n) is 3.32. The molecule has 0 unspecified atom stereocenters. The number of esters is 1. The second-order valence-electron chi connectivity index (χ2n) is 7.94. The molecule has 176 valence electrons. The highest BCUT2D eigenvalue weighted by molar-refractivity contribution is 5.76. The minimum absolute atomic E-state index is 0.104. The number of carbonyl (C=O) groups excluding carboxylic acids is 1. The van der Waals surface area contributed by atoms with E-state index in [1.807, 2.05) is 0 Å². The van der Waals surface area contributed by atoms with Gasteiger partial charge in [-0.05, 0) is 13.8 Å². The molecule has 0 aliphatic carbocycles. The van der Waals surface area contributed by atoms with Gasteiger partial charge in [-0.2, -0.15) is 17.9 Å². The van der Waals surface area contributed by atoms with Crippen molar-refractivity contribution in [2.24, 2.45) is 0 Å². The van der Waals surface area contributed by atoms with Crippen molar-refractivity contribution in [1.29, 1.82) is 0 Å². The van der Waals surface area contributed by atoms with Crippen LogP contribution in [0.1, 0.15) is 13.8 Å². The lowest BCUT2D eigenvalue weighted by atomic mass is 10.0. The molecule has 0 aromatic carbocycles. The minimum Gasteiger partial charge on any atom is -0.471 e. The van der Waals surface area contributed by atoms with Crippen LogP contribution in [0.15, 0.2) is 35.8 Å². The van der Waals surface area contributed by atoms with Gasteiger partial charge < -0.3 is 9.47 Å². The number of H-pyrrole nitrogens is 1. The smallest absolute Gasteiger partial charge is 0.471 e. The molecule has 15 heteroatoms. The Morgan fingerprint density at radius 2 is 2.03 bits per heavy atom. The summed E-state index contributed by atoms with van der Waals surface area (Å²) in [5, 5.41) is 10.2. The first-order valence-corrected chi connectivity index (χ1v) is 9.70. The third kappa shape index (κ3) is 5.02. The van der Waals surface area contributed by atoms with Gasteiger partial charge in [-0.1, -0.05) is 5.21 Å². The lowest BCUT2D eigenvalue weighted by Gasteiger charge is -2.42. The first-order chi connectivity index (χ1) is 15.5. The zero-order valence-corrected chi connectivity index (χ0v) is 17.5. The lowest BCUT2D eigenvalue weighted by molar-refractivity contribution is -0.213. The predicted molar refractivity (Wildman–Crippen MR) is 104 cm³/mol. The van der Waals surface area contributed by atoms with E-state index in [1.165, 1.54) is 54.2 Å². The standard InChI is InChI=1S/C18H19F3N8O4/c1-17(2,33-16(31)18(19,20)21)9-27-7-11(8-27)32-14-5-13(22-10-23-14)29-15(30)12(6-25-29)28-4-3-24-26-28/h3-6,10-11,25H,7-9H2,1-2H3. The van der Waals surface area contributed by atoms with Crippen molar-refractivity contribution >= 4 is 5.97 Å². The van der Waals surface area contributed by atoms with Gasteiger partial charge in [-0.15, -0.1) is 5.10 Å². The first-order valence-electron chi connectivity index (χ1n) is 9.70. The molecule has 4 heterocycles. The average molecular weight is 468 g/mol. The summed E-state index contributed by atoms with van der Waals surface area (Å²) in [4.78, 5) is 33.6. The SMILES string of the molecule is CC(C)(CN1CC(Oc2cc(-n3[nH]cc(-n4ccnn4)c3=O)ncn2)C1)OC(=O)C(F)(F)F. The van der Waals surface area contributed by atoms with Gasteiger partial charge in [0.25, 0.3) is 5.56 Å². The Labute approximate surface area is 183 Å². The molecule has 3 aromatic heterocycles. The van der Waals surface area contributed by atoms with Gasteiger partial charge in [0.05, 0.1) is 18.6 Å². The van der Waals surface area contributed by atoms with E-state index in [-0.39, 0.29) is 30.0 Å². The number of halogens is 3. The maximum Gasteiger partial charge on any atom is 0.490 e. The van der Waals surface area contributed by atoms with Crippen LogP contribution in [0.25, 0.3) is 11.5 Å². The van der Waals surface area contributed by atoms with E-state index in [0.29, 0.717) is 13.1 Å². The Bertz CT molecular complexity index is 1180. The average Bonchev–Trinajstić information content (AvgIpc) is 3.35. The zero-order chi connectivity index (χ0) is 23.8. The largest absolute Gasteiger partial charge is 0.490 e. The van der Waals surface area contributed by atoms with Gasteiger partial charge in [0.2, 0.25) is 5.88 Å². The maximum absolute atomic E-state index is 12.6. The number of nitrogens with zero attached hydrogens (tertiary/aromatic N) is 7. The highest BCUT2D eigenvalue weighted by Crippen LogP contribution is 2.24. The maximum atomic E-state index is 12.6. The fourth-order valence-corrected chi connectivity index (χ4v) is 3.32. The Morgan fingerprint density at radius 3 is 2.70 bits per heavy atom. The van der Waals surface area contributed by atoms with Crippen molar-refractivity contribution in [1.82, 2.24) is 39.6 Å². The van der Waals surface area contributed by atoms with E-state index in [9.17, 15) is 22.8 Å². The van der Waals surface area contributed by atoms with E-state index in [2.05, 4.69) is 30.1 Å². The summed E-state index contributed by atoms with van der Waals surface area (Å²) in [6, 6.07) is 1.47. The molecular weight excluding hydrogens is 449 g/mol. The number of hydrogen-bond donors (Lipinski definition) is 1.